The number of benzene rings is 2. The fourth-order valence-electron chi connectivity index (χ4n) is 2.63. The fraction of sp³-hybridized carbons (Fsp3) is 0.417. The van der Waals surface area contributed by atoms with Gasteiger partial charge in [0.15, 0.2) is 0 Å². The van der Waals surface area contributed by atoms with Gasteiger partial charge in [0, 0.05) is 18.5 Å². The molecule has 0 atom stereocenters. The van der Waals surface area contributed by atoms with Crippen LogP contribution in [0.1, 0.15) is 58.9 Å². The van der Waals surface area contributed by atoms with Crippen LogP contribution in [-0.4, -0.2) is 26.5 Å². The number of tetrazole rings is 1. The van der Waals surface area contributed by atoms with E-state index in [1.807, 2.05) is 48.5 Å². The highest BCUT2D eigenvalue weighted by atomic mass is 16.1. The van der Waals surface area contributed by atoms with Gasteiger partial charge in [-0.1, -0.05) is 89.1 Å². The lowest BCUT2D eigenvalue weighted by molar-refractivity contribution is -0.121. The lowest BCUT2D eigenvalue weighted by Crippen LogP contribution is -2.22. The van der Waals surface area contributed by atoms with Crippen LogP contribution in [0.5, 0.6) is 0 Å². The quantitative estimate of drug-likeness (QED) is 0.524. The number of hydrogen-bond donors (Lipinski definition) is 2. The summed E-state index contributed by atoms with van der Waals surface area (Å²) in [6, 6.07) is 16.1. The van der Waals surface area contributed by atoms with E-state index in [0.29, 0.717) is 18.8 Å². The Balaban J connectivity index is 0.000000575. The number of aromatic nitrogens is 4. The molecule has 0 bridgehead atoms. The van der Waals surface area contributed by atoms with Gasteiger partial charge in [-0.05, 0) is 34.2 Å². The van der Waals surface area contributed by atoms with E-state index in [2.05, 4.69) is 53.6 Å². The molecule has 0 aliphatic rings. The number of carbonyl (C=O) groups excluding carboxylic acids is 1. The average Bonchev–Trinajstić information content (AvgIpc) is 3.32. The largest absolute Gasteiger partial charge is 0.352 e. The zero-order valence-electron chi connectivity index (χ0n) is 18.5. The van der Waals surface area contributed by atoms with Crippen molar-refractivity contribution in [1.29, 1.82) is 0 Å². The van der Waals surface area contributed by atoms with Crippen molar-refractivity contribution in [2.75, 3.05) is 0 Å². The number of aromatic amines is 1. The molecule has 0 aliphatic heterocycles. The number of amides is 1. The van der Waals surface area contributed by atoms with E-state index in [9.17, 15) is 4.79 Å². The van der Waals surface area contributed by atoms with E-state index in [4.69, 9.17) is 0 Å². The van der Waals surface area contributed by atoms with Gasteiger partial charge < -0.3 is 5.32 Å². The Labute approximate surface area is 179 Å². The van der Waals surface area contributed by atoms with Gasteiger partial charge in [-0.15, -0.1) is 10.2 Å². The summed E-state index contributed by atoms with van der Waals surface area (Å²) in [5.74, 6) is 1.56. The van der Waals surface area contributed by atoms with Crippen LogP contribution in [0.4, 0.5) is 0 Å². The Morgan fingerprint density at radius 1 is 1.03 bits per heavy atom. The molecule has 6 heteroatoms. The standard InChI is InChI=1S/C19H21N5O.C5H12/c1-2-3-8-18(25)20-13-14-9-11-15(12-10-14)16-6-4-5-7-17(16)19-21-23-24-22-19;1-4-5(2)3/h4-7,9-12H,2-3,8,13H2,1H3,(H,20,25)(H,21,22,23,24);5H,4H2,1-3H3. The van der Waals surface area contributed by atoms with Crippen LogP contribution < -0.4 is 5.32 Å². The van der Waals surface area contributed by atoms with Gasteiger partial charge in [0.2, 0.25) is 11.7 Å². The predicted octanol–water partition coefficient (Wildman–Crippen LogP) is 5.39. The highest BCUT2D eigenvalue weighted by Crippen LogP contribution is 2.29. The highest BCUT2D eigenvalue weighted by molar-refractivity contribution is 5.80. The van der Waals surface area contributed by atoms with E-state index in [1.165, 1.54) is 6.42 Å². The molecule has 0 fully saturated rings. The Kier molecular flexibility index (Phi) is 9.71. The van der Waals surface area contributed by atoms with Crippen molar-refractivity contribution in [3.05, 3.63) is 54.1 Å². The van der Waals surface area contributed by atoms with Crippen molar-refractivity contribution in [1.82, 2.24) is 25.9 Å². The van der Waals surface area contributed by atoms with Gasteiger partial charge in [0.1, 0.15) is 0 Å². The Morgan fingerprint density at radius 3 is 2.27 bits per heavy atom. The predicted molar refractivity (Wildman–Crippen MR) is 122 cm³/mol. The van der Waals surface area contributed by atoms with Crippen LogP contribution in [0.2, 0.25) is 0 Å². The van der Waals surface area contributed by atoms with Crippen molar-refractivity contribution in [2.45, 2.75) is 59.9 Å². The zero-order valence-corrected chi connectivity index (χ0v) is 18.5. The minimum Gasteiger partial charge on any atom is -0.352 e. The molecule has 0 radical (unpaired) electrons. The van der Waals surface area contributed by atoms with Crippen molar-refractivity contribution >= 4 is 5.91 Å². The number of nitrogens with one attached hydrogen (secondary N) is 2. The zero-order chi connectivity index (χ0) is 21.8. The van der Waals surface area contributed by atoms with Crippen LogP contribution in [-0.2, 0) is 11.3 Å². The summed E-state index contributed by atoms with van der Waals surface area (Å²) in [5, 5.41) is 17.2. The molecule has 0 saturated carbocycles. The minimum atomic E-state index is 0.105. The Bertz CT molecular complexity index is 873. The number of carbonyl (C=O) groups is 1. The number of hydrogen-bond acceptors (Lipinski definition) is 4. The molecule has 1 amide bonds. The third kappa shape index (κ3) is 7.43. The third-order valence-electron chi connectivity index (χ3n) is 4.84. The van der Waals surface area contributed by atoms with E-state index >= 15 is 0 Å². The van der Waals surface area contributed by atoms with Gasteiger partial charge in [0.25, 0.3) is 0 Å². The van der Waals surface area contributed by atoms with E-state index in [0.717, 1.165) is 41.0 Å². The molecule has 2 aromatic carbocycles. The van der Waals surface area contributed by atoms with Crippen LogP contribution in [0.15, 0.2) is 48.5 Å². The topological polar surface area (TPSA) is 83.6 Å². The molecule has 3 rings (SSSR count). The highest BCUT2D eigenvalue weighted by Gasteiger charge is 2.10. The van der Waals surface area contributed by atoms with Crippen LogP contribution in [0.25, 0.3) is 22.5 Å². The minimum absolute atomic E-state index is 0.105. The summed E-state index contributed by atoms with van der Waals surface area (Å²) < 4.78 is 0. The summed E-state index contributed by atoms with van der Waals surface area (Å²) >= 11 is 0. The maximum atomic E-state index is 11.7. The van der Waals surface area contributed by atoms with Gasteiger partial charge in [-0.2, -0.15) is 5.21 Å². The lowest BCUT2D eigenvalue weighted by Gasteiger charge is -2.09. The maximum Gasteiger partial charge on any atom is 0.220 e. The van der Waals surface area contributed by atoms with Crippen molar-refractivity contribution < 1.29 is 4.79 Å². The number of rotatable bonds is 8. The first-order chi connectivity index (χ1) is 14.5. The molecular formula is C24H33N5O. The summed E-state index contributed by atoms with van der Waals surface area (Å²) in [4.78, 5) is 11.7. The smallest absolute Gasteiger partial charge is 0.220 e. The van der Waals surface area contributed by atoms with Gasteiger partial charge in [-0.25, -0.2) is 0 Å². The second-order valence-corrected chi connectivity index (χ2v) is 7.66. The Hall–Kier alpha value is -3.02. The van der Waals surface area contributed by atoms with Crippen molar-refractivity contribution in [3.63, 3.8) is 0 Å². The number of H-pyrrole nitrogens is 1. The molecule has 0 unspecified atom stereocenters. The van der Waals surface area contributed by atoms with Gasteiger partial charge in [0.05, 0.1) is 0 Å². The van der Waals surface area contributed by atoms with Crippen molar-refractivity contribution in [3.8, 4) is 22.5 Å². The van der Waals surface area contributed by atoms with Crippen LogP contribution in [0, 0.1) is 5.92 Å². The molecule has 0 saturated heterocycles. The third-order valence-corrected chi connectivity index (χ3v) is 4.84. The second-order valence-electron chi connectivity index (χ2n) is 7.66. The van der Waals surface area contributed by atoms with E-state index in [1.54, 1.807) is 0 Å². The van der Waals surface area contributed by atoms with Crippen LogP contribution >= 0.6 is 0 Å². The number of nitrogens with zero attached hydrogens (tertiary/aromatic N) is 3. The molecular weight excluding hydrogens is 374 g/mol. The molecule has 2 N–H and O–H groups in total. The van der Waals surface area contributed by atoms with Gasteiger partial charge in [-0.3, -0.25) is 4.79 Å². The first-order valence-electron chi connectivity index (χ1n) is 10.7. The summed E-state index contributed by atoms with van der Waals surface area (Å²) in [6.45, 7) is 9.28. The molecule has 1 aromatic heterocycles. The molecule has 30 heavy (non-hydrogen) atoms. The fourth-order valence-corrected chi connectivity index (χ4v) is 2.63. The van der Waals surface area contributed by atoms with E-state index < -0.39 is 0 Å². The Morgan fingerprint density at radius 2 is 1.70 bits per heavy atom. The van der Waals surface area contributed by atoms with Gasteiger partial charge >= 0.3 is 0 Å². The van der Waals surface area contributed by atoms with Crippen LogP contribution in [0.3, 0.4) is 0 Å². The summed E-state index contributed by atoms with van der Waals surface area (Å²) in [6.07, 6.45) is 3.85. The second kappa shape index (κ2) is 12.5. The molecule has 6 nitrogen and oxygen atoms in total. The lowest BCUT2D eigenvalue weighted by atomic mass is 9.98. The molecule has 0 spiro atoms. The SMILES string of the molecule is CCC(C)C.CCCCC(=O)NCc1ccc(-c2ccccc2-c2nn[nH]n2)cc1. The molecule has 1 heterocycles. The first-order valence-corrected chi connectivity index (χ1v) is 10.7. The summed E-state index contributed by atoms with van der Waals surface area (Å²) in [7, 11) is 0. The van der Waals surface area contributed by atoms with Crippen molar-refractivity contribution in [2.24, 2.45) is 5.92 Å². The maximum absolute atomic E-state index is 11.7. The molecule has 0 aliphatic carbocycles. The normalized spacial score (nSPS) is 10.4. The molecule has 160 valence electrons. The summed E-state index contributed by atoms with van der Waals surface area (Å²) in [5.41, 5.74) is 4.12. The number of unbranched alkanes of at least 4 members (excludes halogenated alkanes) is 1. The van der Waals surface area contributed by atoms with E-state index in [-0.39, 0.29) is 5.91 Å². The molecule has 3 aromatic rings. The first kappa shape index (κ1) is 23.3. The monoisotopic (exact) mass is 407 g/mol. The average molecular weight is 408 g/mol.